The summed E-state index contributed by atoms with van der Waals surface area (Å²) in [6.45, 7) is 1.41. The molecule has 0 fully saturated rings. The van der Waals surface area contributed by atoms with Crippen LogP contribution in [0.15, 0.2) is 18.2 Å². The lowest BCUT2D eigenvalue weighted by Crippen LogP contribution is -2.44. The van der Waals surface area contributed by atoms with Gasteiger partial charge in [0.1, 0.15) is 11.6 Å². The van der Waals surface area contributed by atoms with Crippen LogP contribution in [0, 0.1) is 11.6 Å². The predicted octanol–water partition coefficient (Wildman–Crippen LogP) is 0.888. The molecule has 3 amide bonds. The Morgan fingerprint density at radius 3 is 2.58 bits per heavy atom. The van der Waals surface area contributed by atoms with Gasteiger partial charge in [-0.3, -0.25) is 10.2 Å². The molecule has 1 unspecified atom stereocenters. The van der Waals surface area contributed by atoms with E-state index in [-0.39, 0.29) is 12.1 Å². The maximum absolute atomic E-state index is 13.2. The second kappa shape index (κ2) is 6.64. The fraction of sp³-hybridized carbons (Fsp3) is 0.273. The third-order valence-corrected chi connectivity index (χ3v) is 1.98. The Hall–Kier alpha value is -2.22. The van der Waals surface area contributed by atoms with Gasteiger partial charge < -0.3 is 10.4 Å². The number of carbonyl (C=O) groups excluding carboxylic acids is 2. The fourth-order valence-corrected chi connectivity index (χ4v) is 1.19. The number of hydrogen-bond donors (Lipinski definition) is 4. The minimum absolute atomic E-state index is 0.189. The van der Waals surface area contributed by atoms with Crippen molar-refractivity contribution in [3.63, 3.8) is 0 Å². The molecule has 1 aromatic carbocycles. The molecule has 0 bridgehead atoms. The molecule has 0 aliphatic rings. The highest BCUT2D eigenvalue weighted by molar-refractivity contribution is 5.91. The van der Waals surface area contributed by atoms with Crippen molar-refractivity contribution in [3.05, 3.63) is 29.8 Å². The van der Waals surface area contributed by atoms with E-state index in [2.05, 4.69) is 5.32 Å². The van der Waals surface area contributed by atoms with E-state index >= 15 is 0 Å². The minimum atomic E-state index is -0.939. The van der Waals surface area contributed by atoms with Crippen LogP contribution in [0.3, 0.4) is 0 Å². The SMILES string of the molecule is CC(O)CC(=O)NNC(=O)Nc1ccc(F)cc1F. The number of rotatable bonds is 3. The Labute approximate surface area is 107 Å². The summed E-state index contributed by atoms with van der Waals surface area (Å²) in [6.07, 6.45) is -1.04. The van der Waals surface area contributed by atoms with Gasteiger partial charge in [-0.1, -0.05) is 0 Å². The van der Waals surface area contributed by atoms with Crippen LogP contribution in [0.25, 0.3) is 0 Å². The number of carbonyl (C=O) groups is 2. The molecular weight excluding hydrogens is 260 g/mol. The molecule has 0 aliphatic heterocycles. The Kier molecular flexibility index (Phi) is 5.19. The molecule has 6 nitrogen and oxygen atoms in total. The standard InChI is InChI=1S/C11H13F2N3O3/c1-6(17)4-10(18)15-16-11(19)14-9-3-2-7(12)5-8(9)13/h2-3,5-6,17H,4H2,1H3,(H,15,18)(H2,14,16,19). The van der Waals surface area contributed by atoms with Crippen LogP contribution in [0.4, 0.5) is 19.3 Å². The number of urea groups is 1. The maximum atomic E-state index is 13.2. The topological polar surface area (TPSA) is 90.5 Å². The Morgan fingerprint density at radius 1 is 1.32 bits per heavy atom. The van der Waals surface area contributed by atoms with Crippen molar-refractivity contribution in [2.45, 2.75) is 19.4 Å². The van der Waals surface area contributed by atoms with E-state index in [0.29, 0.717) is 6.07 Å². The van der Waals surface area contributed by atoms with Crippen LogP contribution in [0.1, 0.15) is 13.3 Å². The summed E-state index contributed by atoms with van der Waals surface area (Å²) in [5.74, 6) is -2.32. The van der Waals surface area contributed by atoms with Crippen LogP contribution >= 0.6 is 0 Å². The first-order valence-electron chi connectivity index (χ1n) is 5.37. The van der Waals surface area contributed by atoms with Crippen LogP contribution in [-0.2, 0) is 4.79 Å². The largest absolute Gasteiger partial charge is 0.393 e. The number of anilines is 1. The fourth-order valence-electron chi connectivity index (χ4n) is 1.19. The van der Waals surface area contributed by atoms with Gasteiger partial charge in [0.2, 0.25) is 5.91 Å². The van der Waals surface area contributed by atoms with E-state index in [4.69, 9.17) is 5.11 Å². The first-order chi connectivity index (χ1) is 8.88. The van der Waals surface area contributed by atoms with E-state index in [1.807, 2.05) is 10.9 Å². The highest BCUT2D eigenvalue weighted by Gasteiger charge is 2.09. The highest BCUT2D eigenvalue weighted by atomic mass is 19.1. The summed E-state index contributed by atoms with van der Waals surface area (Å²) < 4.78 is 25.8. The molecule has 104 valence electrons. The van der Waals surface area contributed by atoms with Crippen molar-refractivity contribution in [3.8, 4) is 0 Å². The molecule has 0 saturated carbocycles. The number of hydrazine groups is 1. The molecule has 0 heterocycles. The monoisotopic (exact) mass is 273 g/mol. The average molecular weight is 273 g/mol. The van der Waals surface area contributed by atoms with Gasteiger partial charge >= 0.3 is 6.03 Å². The zero-order chi connectivity index (χ0) is 14.4. The maximum Gasteiger partial charge on any atom is 0.338 e. The zero-order valence-corrected chi connectivity index (χ0v) is 10.0. The normalized spacial score (nSPS) is 11.6. The number of aliphatic hydroxyl groups is 1. The third-order valence-electron chi connectivity index (χ3n) is 1.98. The van der Waals surface area contributed by atoms with Gasteiger partial charge in [-0.2, -0.15) is 0 Å². The molecular formula is C11H13F2N3O3. The lowest BCUT2D eigenvalue weighted by Gasteiger charge is -2.10. The highest BCUT2D eigenvalue weighted by Crippen LogP contribution is 2.14. The van der Waals surface area contributed by atoms with Gasteiger partial charge in [-0.15, -0.1) is 0 Å². The Bertz CT molecular complexity index is 480. The van der Waals surface area contributed by atoms with Gasteiger partial charge in [-0.25, -0.2) is 19.0 Å². The Morgan fingerprint density at radius 2 is 2.00 bits per heavy atom. The van der Waals surface area contributed by atoms with Crippen LogP contribution in [0.2, 0.25) is 0 Å². The molecule has 0 radical (unpaired) electrons. The number of amides is 3. The van der Waals surface area contributed by atoms with E-state index in [9.17, 15) is 18.4 Å². The summed E-state index contributed by atoms with van der Waals surface area (Å²) in [7, 11) is 0. The molecule has 0 spiro atoms. The van der Waals surface area contributed by atoms with Crippen molar-refractivity contribution in [1.29, 1.82) is 0 Å². The number of benzene rings is 1. The van der Waals surface area contributed by atoms with E-state index < -0.39 is 29.7 Å². The van der Waals surface area contributed by atoms with Crippen molar-refractivity contribution >= 4 is 17.6 Å². The number of aliphatic hydroxyl groups excluding tert-OH is 1. The van der Waals surface area contributed by atoms with Gasteiger partial charge in [0.05, 0.1) is 18.2 Å². The smallest absolute Gasteiger partial charge is 0.338 e. The van der Waals surface area contributed by atoms with Crippen molar-refractivity contribution < 1.29 is 23.5 Å². The predicted molar refractivity (Wildman–Crippen MR) is 63.0 cm³/mol. The van der Waals surface area contributed by atoms with Gasteiger partial charge in [0.15, 0.2) is 0 Å². The summed E-state index contributed by atoms with van der Waals surface area (Å²) >= 11 is 0. The average Bonchev–Trinajstić information content (AvgIpc) is 2.29. The zero-order valence-electron chi connectivity index (χ0n) is 10.0. The van der Waals surface area contributed by atoms with Gasteiger partial charge in [0, 0.05) is 6.07 Å². The van der Waals surface area contributed by atoms with Crippen molar-refractivity contribution in [2.75, 3.05) is 5.32 Å². The minimum Gasteiger partial charge on any atom is -0.393 e. The van der Waals surface area contributed by atoms with Crippen LogP contribution < -0.4 is 16.2 Å². The second-order valence-electron chi connectivity index (χ2n) is 3.80. The molecule has 8 heteroatoms. The van der Waals surface area contributed by atoms with E-state index in [1.165, 1.54) is 6.92 Å². The summed E-state index contributed by atoms with van der Waals surface area (Å²) in [6, 6.07) is 1.73. The number of hydrogen-bond acceptors (Lipinski definition) is 3. The lowest BCUT2D eigenvalue weighted by atomic mass is 10.3. The van der Waals surface area contributed by atoms with Crippen molar-refractivity contribution in [2.24, 2.45) is 0 Å². The first-order valence-corrected chi connectivity index (χ1v) is 5.37. The third kappa shape index (κ3) is 5.30. The first kappa shape index (κ1) is 14.8. The van der Waals surface area contributed by atoms with Gasteiger partial charge in [-0.05, 0) is 19.1 Å². The summed E-state index contributed by atoms with van der Waals surface area (Å²) in [4.78, 5) is 22.4. The number of halogens is 2. The molecule has 1 aromatic rings. The molecule has 19 heavy (non-hydrogen) atoms. The van der Waals surface area contributed by atoms with E-state index in [0.717, 1.165) is 12.1 Å². The van der Waals surface area contributed by atoms with Crippen LogP contribution in [0.5, 0.6) is 0 Å². The summed E-state index contributed by atoms with van der Waals surface area (Å²) in [5, 5.41) is 11.0. The molecule has 0 saturated heterocycles. The van der Waals surface area contributed by atoms with E-state index in [1.54, 1.807) is 0 Å². The quantitative estimate of drug-likeness (QED) is 0.616. The lowest BCUT2D eigenvalue weighted by molar-refractivity contribution is -0.123. The second-order valence-corrected chi connectivity index (χ2v) is 3.80. The molecule has 4 N–H and O–H groups in total. The summed E-state index contributed by atoms with van der Waals surface area (Å²) in [5.41, 5.74) is 3.73. The van der Waals surface area contributed by atoms with Crippen LogP contribution in [-0.4, -0.2) is 23.1 Å². The number of nitrogens with one attached hydrogen (secondary N) is 3. The molecule has 1 atom stereocenters. The van der Waals surface area contributed by atoms with Gasteiger partial charge in [0.25, 0.3) is 0 Å². The molecule has 0 aliphatic carbocycles. The Balaban J connectivity index is 2.45. The van der Waals surface area contributed by atoms with Crippen molar-refractivity contribution in [1.82, 2.24) is 10.9 Å². The molecule has 0 aromatic heterocycles. The molecule has 1 rings (SSSR count).